The first kappa shape index (κ1) is 104. The summed E-state index contributed by atoms with van der Waals surface area (Å²) < 4.78 is 320. The second-order valence-corrected chi connectivity index (χ2v) is 35.1. The fourth-order valence-electron chi connectivity index (χ4n) is 17.3. The lowest BCUT2D eigenvalue weighted by Crippen LogP contribution is -2.20. The van der Waals surface area contributed by atoms with Crippen LogP contribution in [0.15, 0.2) is 194 Å². The molecule has 12 aromatic carbocycles. The van der Waals surface area contributed by atoms with Crippen LogP contribution in [0.25, 0.3) is 44.5 Å². The van der Waals surface area contributed by atoms with Gasteiger partial charge in [-0.2, -0.15) is 0 Å². The van der Waals surface area contributed by atoms with Crippen LogP contribution in [0.2, 0.25) is 0 Å². The SMILES string of the molecule is CCC1CCC(c2ccc(-c3cc(F)c(OCc4cc(F)c(F)c(F)c4)c(F)c3)cc2)OC1.CCCC1CCC(c2ccc(-c3cc(F)c(OCc4cc(F)c(F)c(F)c4)c(F)c3)cc2)OC1.CCCCC1CCC(c2ccc(-c3cc(F)c(OCc4cc(F)c(F)c(F)c4)c(F)c3)cc2)OC1.CCCCCC1CCC(c2ccc(-c3cc(F)c(OCc4cc(F)c(F)c(F)c4)c(F)c3)cc2)OC1. The highest BCUT2D eigenvalue weighted by Crippen LogP contribution is 2.42. The van der Waals surface area contributed by atoms with Gasteiger partial charge in [0, 0.05) is 0 Å². The van der Waals surface area contributed by atoms with E-state index in [4.69, 9.17) is 37.9 Å². The summed E-state index contributed by atoms with van der Waals surface area (Å²) in [6.07, 6.45) is 20.3. The van der Waals surface area contributed by atoms with E-state index in [-0.39, 0.29) is 46.7 Å². The Bertz CT molecular complexity index is 5870. The molecule has 0 aliphatic carbocycles. The van der Waals surface area contributed by atoms with Crippen molar-refractivity contribution in [2.45, 2.75) is 194 Å². The van der Waals surface area contributed by atoms with Crippen molar-refractivity contribution in [3.8, 4) is 67.5 Å². The van der Waals surface area contributed by atoms with Crippen molar-refractivity contribution in [3.63, 3.8) is 0 Å². The molecule has 0 aromatic heterocycles. The summed E-state index contributed by atoms with van der Waals surface area (Å²) in [6.45, 7) is 9.57. The van der Waals surface area contributed by atoms with Crippen molar-refractivity contribution < 1.29 is 126 Å². The summed E-state index contributed by atoms with van der Waals surface area (Å²) in [5, 5.41) is 0. The van der Waals surface area contributed by atoms with Crippen LogP contribution in [0.5, 0.6) is 23.0 Å². The second-order valence-electron chi connectivity index (χ2n) is 35.1. The zero-order valence-electron chi connectivity index (χ0n) is 76.3. The molecule has 12 aromatic rings. The van der Waals surface area contributed by atoms with E-state index in [1.165, 1.54) is 51.4 Å². The predicted molar refractivity (Wildman–Crippen MR) is 484 cm³/mol. The molecular weight excluding hydrogens is 1830 g/mol. The minimum Gasteiger partial charge on any atom is -0.483 e. The largest absolute Gasteiger partial charge is 0.483 e. The molecule has 4 fully saturated rings. The van der Waals surface area contributed by atoms with Gasteiger partial charge in [-0.25, -0.2) is 87.8 Å². The van der Waals surface area contributed by atoms with E-state index < -0.39 is 166 Å². The Morgan fingerprint density at radius 3 is 0.623 bits per heavy atom. The van der Waals surface area contributed by atoms with Gasteiger partial charge in [-0.05, 0) is 280 Å². The van der Waals surface area contributed by atoms with E-state index in [0.29, 0.717) is 117 Å². The molecule has 16 rings (SSSR count). The molecule has 4 saturated heterocycles. The summed E-state index contributed by atoms with van der Waals surface area (Å²) in [5.41, 5.74) is 7.49. The van der Waals surface area contributed by atoms with Crippen LogP contribution < -0.4 is 18.9 Å². The normalized spacial score (nSPS) is 18.1. The third-order valence-electron chi connectivity index (χ3n) is 25.1. The third-order valence-corrected chi connectivity index (χ3v) is 25.1. The van der Waals surface area contributed by atoms with Gasteiger partial charge in [-0.15, -0.1) is 0 Å². The molecule has 4 heterocycles. The van der Waals surface area contributed by atoms with Crippen LogP contribution in [0.3, 0.4) is 0 Å². The number of benzene rings is 12. The van der Waals surface area contributed by atoms with E-state index in [2.05, 4.69) is 27.7 Å². The fourth-order valence-corrected chi connectivity index (χ4v) is 17.3. The topological polar surface area (TPSA) is 73.8 Å². The molecule has 28 heteroatoms. The highest BCUT2D eigenvalue weighted by atomic mass is 19.2. The molecule has 0 spiro atoms. The third kappa shape index (κ3) is 27.5. The molecule has 0 amide bonds. The van der Waals surface area contributed by atoms with Crippen LogP contribution in [-0.4, -0.2) is 26.4 Å². The summed E-state index contributed by atoms with van der Waals surface area (Å²) in [7, 11) is 0. The van der Waals surface area contributed by atoms with Gasteiger partial charge in [0.2, 0.25) is 0 Å². The predicted octanol–water partition coefficient (Wildman–Crippen LogP) is 32.4. The quantitative estimate of drug-likeness (QED) is 0.0250. The smallest absolute Gasteiger partial charge is 0.194 e. The lowest BCUT2D eigenvalue weighted by molar-refractivity contribution is -0.0199. The van der Waals surface area contributed by atoms with Gasteiger partial charge in [0.25, 0.3) is 0 Å². The first-order valence-electron chi connectivity index (χ1n) is 46.3. The second kappa shape index (κ2) is 49.2. The summed E-state index contributed by atoms with van der Waals surface area (Å²) in [6, 6.07) is 44.3. The minimum absolute atomic E-state index is 0.0202. The van der Waals surface area contributed by atoms with Crippen molar-refractivity contribution in [1.82, 2.24) is 0 Å². The monoisotopic (exact) mass is 1930 g/mol. The number of halogens is 20. The molecule has 8 atom stereocenters. The van der Waals surface area contributed by atoms with Gasteiger partial charge >= 0.3 is 0 Å². The maximum atomic E-state index is 14.6. The summed E-state index contributed by atoms with van der Waals surface area (Å²) in [4.78, 5) is 0. The molecule has 8 unspecified atom stereocenters. The zero-order chi connectivity index (χ0) is 98.4. The van der Waals surface area contributed by atoms with Crippen molar-refractivity contribution in [2.24, 2.45) is 23.7 Å². The number of rotatable bonds is 30. The Hall–Kier alpha value is -11.7. The average molecular weight is 1930 g/mol. The Morgan fingerprint density at radius 2 is 0.428 bits per heavy atom. The Balaban J connectivity index is 0.000000155. The molecule has 0 saturated carbocycles. The van der Waals surface area contributed by atoms with Crippen LogP contribution in [0.1, 0.15) is 212 Å². The van der Waals surface area contributed by atoms with Gasteiger partial charge in [0.1, 0.15) is 26.4 Å². The van der Waals surface area contributed by atoms with E-state index in [9.17, 15) is 87.8 Å². The maximum Gasteiger partial charge on any atom is 0.194 e. The van der Waals surface area contributed by atoms with E-state index >= 15 is 0 Å². The van der Waals surface area contributed by atoms with E-state index in [0.717, 1.165) is 161 Å². The molecule has 4 aliphatic heterocycles. The van der Waals surface area contributed by atoms with E-state index in [1.54, 1.807) is 48.5 Å². The Kier molecular flexibility index (Phi) is 37.0. The van der Waals surface area contributed by atoms with Crippen LogP contribution in [-0.2, 0) is 45.4 Å². The average Bonchev–Trinajstić information content (AvgIpc) is 0.813. The van der Waals surface area contributed by atoms with E-state index in [1.807, 2.05) is 48.5 Å². The van der Waals surface area contributed by atoms with Crippen LogP contribution in [0, 0.1) is 140 Å². The maximum absolute atomic E-state index is 14.6. The van der Waals surface area contributed by atoms with Crippen molar-refractivity contribution in [1.29, 1.82) is 0 Å². The first-order valence-corrected chi connectivity index (χ1v) is 46.3. The van der Waals surface area contributed by atoms with Gasteiger partial charge in [0.15, 0.2) is 139 Å². The molecule has 0 radical (unpaired) electrons. The van der Waals surface area contributed by atoms with Crippen LogP contribution in [0.4, 0.5) is 87.8 Å². The first-order chi connectivity index (χ1) is 66.4. The number of unbranched alkanes of at least 4 members (excludes halogenated alkanes) is 3. The standard InChI is InChI=1S/C29H29F5O2.C28H27F5O2.C27H25F5O2.C26H23F5O2/c1-2-3-4-5-18-6-11-27(35-16-18)21-9-7-20(8-10-21)22-14-25(32)29(26(33)15-22)36-17-19-12-23(30)28(34)24(31)13-19;1-2-3-4-17-5-10-26(34-15-17)20-8-6-19(7-9-20)21-13-24(31)28(25(32)14-21)35-16-18-11-22(29)27(33)23(30)12-18;1-2-3-16-4-9-25(33-14-16)19-7-5-18(6-8-19)20-12-23(30)27(24(31)13-20)34-15-17-10-21(28)26(32)22(29)11-17;1-2-15-3-8-24(32-13-15)18-6-4-17(5-7-18)19-11-22(29)26(23(30)12-19)33-14-16-9-20(27)25(31)21(28)10-16/h7-10,12-15,18,27H,2-6,11,16-17H2,1H3;6-9,11-14,17,26H,2-5,10,15-16H2,1H3;5-8,10-13,16,25H,2-4,9,14-15H2,1H3;4-7,9-12,15,24H,2-3,8,13-14H2,1H3. The lowest BCUT2D eigenvalue weighted by atomic mass is 9.90. The number of hydrogen-bond donors (Lipinski definition) is 0. The summed E-state index contributed by atoms with van der Waals surface area (Å²) >= 11 is 0. The van der Waals surface area contributed by atoms with Crippen molar-refractivity contribution in [3.05, 3.63) is 355 Å². The fraction of sp³-hybridized carbons (Fsp3) is 0.345. The van der Waals surface area contributed by atoms with Gasteiger partial charge < -0.3 is 37.9 Å². The summed E-state index contributed by atoms with van der Waals surface area (Å²) in [5.74, 6) is -25.7. The molecule has 8 nitrogen and oxygen atoms in total. The minimum atomic E-state index is -1.62. The van der Waals surface area contributed by atoms with Gasteiger partial charge in [-0.1, -0.05) is 170 Å². The molecule has 732 valence electrons. The van der Waals surface area contributed by atoms with Gasteiger partial charge in [-0.3, -0.25) is 0 Å². The molecule has 0 bridgehead atoms. The number of ether oxygens (including phenoxy) is 8. The molecule has 0 N–H and O–H groups in total. The molecule has 138 heavy (non-hydrogen) atoms. The highest BCUT2D eigenvalue weighted by Gasteiger charge is 2.30. The zero-order valence-corrected chi connectivity index (χ0v) is 76.3. The van der Waals surface area contributed by atoms with Crippen molar-refractivity contribution in [2.75, 3.05) is 26.4 Å². The highest BCUT2D eigenvalue weighted by molar-refractivity contribution is 5.68. The van der Waals surface area contributed by atoms with Crippen molar-refractivity contribution >= 4 is 0 Å². The Labute approximate surface area is 788 Å². The molecule has 4 aliphatic rings. The lowest BCUT2D eigenvalue weighted by Gasteiger charge is -2.29. The Morgan fingerprint density at radius 1 is 0.217 bits per heavy atom. The van der Waals surface area contributed by atoms with Gasteiger partial charge in [0.05, 0.1) is 50.8 Å². The number of hydrogen-bond acceptors (Lipinski definition) is 8. The molecular formula is C110H104F20O8. The van der Waals surface area contributed by atoms with Crippen LogP contribution >= 0.6 is 0 Å².